The summed E-state index contributed by atoms with van der Waals surface area (Å²) in [5.41, 5.74) is 1.26. The van der Waals surface area contributed by atoms with E-state index in [4.69, 9.17) is 26.4 Å². The smallest absolute Gasteiger partial charge is 0.191 e. The fourth-order valence-electron chi connectivity index (χ4n) is 3.94. The van der Waals surface area contributed by atoms with Gasteiger partial charge in [-0.25, -0.2) is 0 Å². The molecule has 0 saturated carbocycles. The van der Waals surface area contributed by atoms with Crippen LogP contribution in [0.1, 0.15) is 25.5 Å². The van der Waals surface area contributed by atoms with Gasteiger partial charge in [-0.3, -0.25) is 4.90 Å². The van der Waals surface area contributed by atoms with Gasteiger partial charge < -0.3 is 19.5 Å². The molecule has 2 aromatic rings. The minimum absolute atomic E-state index is 0.0531. The Hall–Kier alpha value is -2.47. The lowest BCUT2D eigenvalue weighted by molar-refractivity contribution is -0.00571. The second-order valence-corrected chi connectivity index (χ2v) is 7.15. The number of nitrogens with one attached hydrogen (secondary N) is 1. The Morgan fingerprint density at radius 3 is 2.50 bits per heavy atom. The second kappa shape index (κ2) is 6.06. The Labute approximate surface area is 158 Å². The van der Waals surface area contributed by atoms with Crippen molar-refractivity contribution in [3.63, 3.8) is 0 Å². The summed E-state index contributed by atoms with van der Waals surface area (Å²) in [6.07, 6.45) is 0. The predicted octanol–water partition coefficient (Wildman–Crippen LogP) is 3.88. The van der Waals surface area contributed by atoms with E-state index in [9.17, 15) is 0 Å². The first-order valence-corrected chi connectivity index (χ1v) is 9.01. The van der Waals surface area contributed by atoms with Crippen LogP contribution in [0.25, 0.3) is 0 Å². The second-order valence-electron chi connectivity index (χ2n) is 6.76. The molecule has 0 aromatic heterocycles. The van der Waals surface area contributed by atoms with Gasteiger partial charge >= 0.3 is 0 Å². The molecule has 1 saturated heterocycles. The standard InChI is InChI=1S/C20H22N2O3S/c1-12-17-13-8-7-11-16(24-4)18(13)25-20(12,2)22(19(26)21-17)14-9-5-6-10-15(14)23-3/h5-12,17H,1-4H3,(H,21,26). The van der Waals surface area contributed by atoms with E-state index in [0.29, 0.717) is 5.11 Å². The average molecular weight is 370 g/mol. The zero-order valence-corrected chi connectivity index (χ0v) is 16.1. The van der Waals surface area contributed by atoms with Crippen molar-refractivity contribution in [2.24, 2.45) is 5.92 Å². The van der Waals surface area contributed by atoms with Crippen LogP contribution in [0.2, 0.25) is 0 Å². The van der Waals surface area contributed by atoms with Crippen molar-refractivity contribution in [3.8, 4) is 17.2 Å². The molecule has 0 radical (unpaired) electrons. The van der Waals surface area contributed by atoms with Gasteiger partial charge in [0.15, 0.2) is 22.3 Å². The van der Waals surface area contributed by atoms with E-state index >= 15 is 0 Å². The Morgan fingerprint density at radius 1 is 1.08 bits per heavy atom. The summed E-state index contributed by atoms with van der Waals surface area (Å²) in [5, 5.41) is 4.12. The summed E-state index contributed by atoms with van der Waals surface area (Å²) >= 11 is 5.73. The average Bonchev–Trinajstić information content (AvgIpc) is 2.64. The molecule has 136 valence electrons. The normalized spacial score (nSPS) is 26.5. The molecule has 1 fully saturated rings. The van der Waals surface area contributed by atoms with Crippen LogP contribution < -0.4 is 24.4 Å². The number of thiocarbonyl (C=S) groups is 1. The van der Waals surface area contributed by atoms with Crippen LogP contribution in [0.15, 0.2) is 42.5 Å². The number of nitrogens with zero attached hydrogens (tertiary/aromatic N) is 1. The van der Waals surface area contributed by atoms with Crippen LogP contribution in [0.4, 0.5) is 5.69 Å². The van der Waals surface area contributed by atoms with Crippen LogP contribution in [0.3, 0.4) is 0 Å². The fourth-order valence-corrected chi connectivity index (χ4v) is 4.35. The highest BCUT2D eigenvalue weighted by Crippen LogP contribution is 2.52. The summed E-state index contributed by atoms with van der Waals surface area (Å²) in [6, 6.07) is 13.8. The number of methoxy groups -OCH3 is 2. The third-order valence-electron chi connectivity index (χ3n) is 5.47. The van der Waals surface area contributed by atoms with Gasteiger partial charge in [-0.15, -0.1) is 0 Å². The van der Waals surface area contributed by atoms with Gasteiger partial charge in [-0.1, -0.05) is 31.2 Å². The van der Waals surface area contributed by atoms with E-state index in [1.807, 2.05) is 41.3 Å². The van der Waals surface area contributed by atoms with Crippen molar-refractivity contribution in [3.05, 3.63) is 48.0 Å². The number of hydrogen-bond acceptors (Lipinski definition) is 4. The highest BCUT2D eigenvalue weighted by atomic mass is 32.1. The van der Waals surface area contributed by atoms with Gasteiger partial charge in [-0.05, 0) is 37.3 Å². The largest absolute Gasteiger partial charge is 0.495 e. The monoisotopic (exact) mass is 370 g/mol. The molecule has 2 aliphatic rings. The zero-order valence-electron chi connectivity index (χ0n) is 15.3. The molecular formula is C20H22N2O3S. The number of hydrogen-bond donors (Lipinski definition) is 1. The lowest BCUT2D eigenvalue weighted by atomic mass is 9.80. The molecular weight excluding hydrogens is 348 g/mol. The van der Waals surface area contributed by atoms with Gasteiger partial charge in [0, 0.05) is 11.5 Å². The lowest BCUT2D eigenvalue weighted by Gasteiger charge is -2.56. The van der Waals surface area contributed by atoms with Crippen molar-refractivity contribution < 1.29 is 14.2 Å². The maximum atomic E-state index is 6.58. The van der Waals surface area contributed by atoms with Crippen LogP contribution in [0.5, 0.6) is 17.2 Å². The molecule has 2 bridgehead atoms. The number of ether oxygens (including phenoxy) is 3. The molecule has 2 aliphatic heterocycles. The van der Waals surface area contributed by atoms with Crippen LogP contribution in [-0.2, 0) is 0 Å². The third-order valence-corrected chi connectivity index (χ3v) is 5.77. The lowest BCUT2D eigenvalue weighted by Crippen LogP contribution is -2.69. The van der Waals surface area contributed by atoms with E-state index in [-0.39, 0.29) is 12.0 Å². The SMILES string of the molecule is COc1ccccc1N1C(=S)NC2c3cccc(OC)c3OC1(C)C2C. The molecule has 2 heterocycles. The molecule has 1 N–H and O–H groups in total. The first kappa shape index (κ1) is 17.0. The van der Waals surface area contributed by atoms with E-state index in [1.54, 1.807) is 14.2 Å². The van der Waals surface area contributed by atoms with Crippen molar-refractivity contribution >= 4 is 23.0 Å². The molecule has 3 unspecified atom stereocenters. The highest BCUT2D eigenvalue weighted by Gasteiger charge is 2.54. The van der Waals surface area contributed by atoms with Crippen molar-refractivity contribution in [2.75, 3.05) is 19.1 Å². The number of benzene rings is 2. The number of fused-ring (bicyclic) bond motifs is 4. The number of para-hydroxylation sites is 3. The summed E-state index contributed by atoms with van der Waals surface area (Å²) in [6.45, 7) is 4.24. The summed E-state index contributed by atoms with van der Waals surface area (Å²) < 4.78 is 17.7. The topological polar surface area (TPSA) is 43.0 Å². The molecule has 4 rings (SSSR count). The van der Waals surface area contributed by atoms with Gasteiger partial charge in [0.25, 0.3) is 0 Å². The van der Waals surface area contributed by atoms with Gasteiger partial charge in [-0.2, -0.15) is 0 Å². The van der Waals surface area contributed by atoms with Crippen LogP contribution >= 0.6 is 12.2 Å². The molecule has 26 heavy (non-hydrogen) atoms. The summed E-state index contributed by atoms with van der Waals surface area (Å²) in [5.74, 6) is 2.37. The van der Waals surface area contributed by atoms with E-state index in [2.05, 4.69) is 25.2 Å². The fraction of sp³-hybridized carbons (Fsp3) is 0.350. The first-order valence-electron chi connectivity index (χ1n) is 8.61. The van der Waals surface area contributed by atoms with Gasteiger partial charge in [0.1, 0.15) is 5.75 Å². The minimum Gasteiger partial charge on any atom is -0.495 e. The molecule has 0 spiro atoms. The summed E-state index contributed by atoms with van der Waals surface area (Å²) in [4.78, 5) is 2.01. The Balaban J connectivity index is 1.89. The van der Waals surface area contributed by atoms with Crippen LogP contribution in [0, 0.1) is 5.92 Å². The molecule has 0 amide bonds. The predicted molar refractivity (Wildman–Crippen MR) is 105 cm³/mol. The van der Waals surface area contributed by atoms with E-state index < -0.39 is 5.72 Å². The van der Waals surface area contributed by atoms with Crippen LogP contribution in [-0.4, -0.2) is 25.1 Å². The zero-order chi connectivity index (χ0) is 18.5. The molecule has 2 aromatic carbocycles. The third kappa shape index (κ3) is 2.25. The van der Waals surface area contributed by atoms with Gasteiger partial charge in [0.2, 0.25) is 0 Å². The summed E-state index contributed by atoms with van der Waals surface area (Å²) in [7, 11) is 3.32. The first-order chi connectivity index (χ1) is 12.5. The molecule has 5 nitrogen and oxygen atoms in total. The Bertz CT molecular complexity index is 872. The van der Waals surface area contributed by atoms with E-state index in [0.717, 1.165) is 28.5 Å². The van der Waals surface area contributed by atoms with Crippen molar-refractivity contribution in [1.29, 1.82) is 0 Å². The Kier molecular flexibility index (Phi) is 3.95. The molecule has 6 heteroatoms. The maximum absolute atomic E-state index is 6.58. The van der Waals surface area contributed by atoms with Crippen molar-refractivity contribution in [2.45, 2.75) is 25.6 Å². The molecule has 3 atom stereocenters. The number of rotatable bonds is 3. The number of anilines is 1. The quantitative estimate of drug-likeness (QED) is 0.827. The Morgan fingerprint density at radius 2 is 1.77 bits per heavy atom. The van der Waals surface area contributed by atoms with Gasteiger partial charge in [0.05, 0.1) is 25.9 Å². The maximum Gasteiger partial charge on any atom is 0.191 e. The molecule has 0 aliphatic carbocycles. The highest BCUT2D eigenvalue weighted by molar-refractivity contribution is 7.80. The van der Waals surface area contributed by atoms with E-state index in [1.165, 1.54) is 0 Å². The minimum atomic E-state index is -0.677. The van der Waals surface area contributed by atoms with Crippen molar-refractivity contribution in [1.82, 2.24) is 5.32 Å².